The summed E-state index contributed by atoms with van der Waals surface area (Å²) in [5.41, 5.74) is 9.94. The Kier molecular flexibility index (Phi) is 5.10. The Morgan fingerprint density at radius 2 is 1.70 bits per heavy atom. The zero-order valence-corrected chi connectivity index (χ0v) is 19.5. The number of hydrogen-bond acceptors (Lipinski definition) is 8. The fraction of sp³-hybridized carbons (Fsp3) is 0.0870. The molecular formula is C23H20N6O2S2. The van der Waals surface area contributed by atoms with E-state index >= 15 is 0 Å². The number of anilines is 2. The van der Waals surface area contributed by atoms with Gasteiger partial charge in [-0.1, -0.05) is 30.3 Å². The standard InChI is InChI=1S/C23H20N6O2S2/c1-28(2)16-11-9-15(10-12-16)14-25-29-22(24)21(33(30,31)19-8-5-13-32-19)20-23(29)27-18-7-4-3-6-17(18)26-20/h3-14H,24H2,1-2H3/b25-14-. The third-order valence-corrected chi connectivity index (χ3v) is 8.40. The molecule has 0 unspecified atom stereocenters. The molecule has 0 bridgehead atoms. The summed E-state index contributed by atoms with van der Waals surface area (Å²) in [5, 5.41) is 6.20. The molecule has 33 heavy (non-hydrogen) atoms. The third kappa shape index (κ3) is 3.62. The normalized spacial score (nSPS) is 12.2. The van der Waals surface area contributed by atoms with Gasteiger partial charge in [-0.25, -0.2) is 18.4 Å². The van der Waals surface area contributed by atoms with Gasteiger partial charge in [0.25, 0.3) is 0 Å². The number of sulfone groups is 1. The van der Waals surface area contributed by atoms with Crippen molar-refractivity contribution in [3.05, 3.63) is 71.6 Å². The highest BCUT2D eigenvalue weighted by molar-refractivity contribution is 7.93. The summed E-state index contributed by atoms with van der Waals surface area (Å²) in [6.45, 7) is 0. The zero-order chi connectivity index (χ0) is 23.2. The first-order valence-electron chi connectivity index (χ1n) is 10.0. The number of thiophene rings is 1. The molecule has 3 heterocycles. The van der Waals surface area contributed by atoms with Crippen LogP contribution < -0.4 is 10.6 Å². The van der Waals surface area contributed by atoms with Crippen LogP contribution in [0.15, 0.2) is 80.2 Å². The van der Waals surface area contributed by atoms with E-state index in [1.807, 2.05) is 61.5 Å². The van der Waals surface area contributed by atoms with Crippen LogP contribution >= 0.6 is 11.3 Å². The Morgan fingerprint density at radius 3 is 2.33 bits per heavy atom. The minimum Gasteiger partial charge on any atom is -0.382 e. The summed E-state index contributed by atoms with van der Waals surface area (Å²) < 4.78 is 28.4. The number of para-hydroxylation sites is 2. The van der Waals surface area contributed by atoms with Crippen LogP contribution in [0.5, 0.6) is 0 Å². The Bertz CT molecular complexity index is 1600. The van der Waals surface area contributed by atoms with Crippen LogP contribution in [0.2, 0.25) is 0 Å². The van der Waals surface area contributed by atoms with Gasteiger partial charge in [-0.05, 0) is 41.3 Å². The maximum atomic E-state index is 13.4. The minimum atomic E-state index is -3.91. The van der Waals surface area contributed by atoms with E-state index in [-0.39, 0.29) is 26.1 Å². The molecule has 0 spiro atoms. The molecule has 0 saturated heterocycles. The molecule has 0 saturated carbocycles. The molecule has 0 fully saturated rings. The summed E-state index contributed by atoms with van der Waals surface area (Å²) in [6, 6.07) is 18.3. The largest absolute Gasteiger partial charge is 0.382 e. The molecule has 5 aromatic rings. The predicted octanol–water partition coefficient (Wildman–Crippen LogP) is 4.01. The average molecular weight is 477 g/mol. The lowest BCUT2D eigenvalue weighted by molar-refractivity contribution is 0.599. The van der Waals surface area contributed by atoms with Crippen LogP contribution in [-0.2, 0) is 9.84 Å². The number of nitrogens with zero attached hydrogens (tertiary/aromatic N) is 5. The van der Waals surface area contributed by atoms with Gasteiger partial charge < -0.3 is 10.6 Å². The average Bonchev–Trinajstić information content (AvgIpc) is 3.43. The Hall–Kier alpha value is -3.76. The van der Waals surface area contributed by atoms with Crippen molar-refractivity contribution < 1.29 is 8.42 Å². The summed E-state index contributed by atoms with van der Waals surface area (Å²) in [4.78, 5) is 11.2. The van der Waals surface area contributed by atoms with Crippen LogP contribution in [0.4, 0.5) is 11.5 Å². The lowest BCUT2D eigenvalue weighted by Crippen LogP contribution is -2.08. The molecule has 10 heteroatoms. The van der Waals surface area contributed by atoms with Gasteiger partial charge in [-0.3, -0.25) is 0 Å². The van der Waals surface area contributed by atoms with E-state index < -0.39 is 9.84 Å². The Balaban J connectivity index is 1.73. The van der Waals surface area contributed by atoms with E-state index in [1.54, 1.807) is 29.8 Å². The molecule has 0 radical (unpaired) electrons. The smallest absolute Gasteiger partial charge is 0.221 e. The van der Waals surface area contributed by atoms with Crippen LogP contribution in [0.25, 0.3) is 22.2 Å². The van der Waals surface area contributed by atoms with Crippen molar-refractivity contribution in [2.45, 2.75) is 9.10 Å². The molecular weight excluding hydrogens is 456 g/mol. The highest BCUT2D eigenvalue weighted by atomic mass is 32.2. The molecule has 8 nitrogen and oxygen atoms in total. The zero-order valence-electron chi connectivity index (χ0n) is 17.9. The van der Waals surface area contributed by atoms with Crippen molar-refractivity contribution >= 4 is 61.1 Å². The monoisotopic (exact) mass is 476 g/mol. The number of aromatic nitrogens is 3. The molecule has 3 aromatic heterocycles. The molecule has 0 amide bonds. The lowest BCUT2D eigenvalue weighted by Gasteiger charge is -2.11. The Labute approximate surface area is 194 Å². The fourth-order valence-corrected chi connectivity index (χ4v) is 6.09. The quantitative estimate of drug-likeness (QED) is 0.384. The summed E-state index contributed by atoms with van der Waals surface area (Å²) in [6.07, 6.45) is 1.62. The van der Waals surface area contributed by atoms with Crippen LogP contribution in [-0.4, -0.2) is 43.4 Å². The summed E-state index contributed by atoms with van der Waals surface area (Å²) in [5.74, 6) is -0.0325. The number of rotatable bonds is 5. The Morgan fingerprint density at radius 1 is 1.00 bits per heavy atom. The predicted molar refractivity (Wildman–Crippen MR) is 133 cm³/mol. The van der Waals surface area contributed by atoms with Crippen molar-refractivity contribution in [3.8, 4) is 0 Å². The summed E-state index contributed by atoms with van der Waals surface area (Å²) in [7, 11) is 0.0251. The first-order valence-corrected chi connectivity index (χ1v) is 12.4. The van der Waals surface area contributed by atoms with E-state index in [1.165, 1.54) is 4.68 Å². The minimum absolute atomic E-state index is 0.0325. The van der Waals surface area contributed by atoms with Gasteiger partial charge in [-0.2, -0.15) is 9.78 Å². The number of benzene rings is 2. The van der Waals surface area contributed by atoms with Crippen molar-refractivity contribution in [3.63, 3.8) is 0 Å². The van der Waals surface area contributed by atoms with E-state index in [0.717, 1.165) is 22.6 Å². The maximum absolute atomic E-state index is 13.4. The second-order valence-electron chi connectivity index (χ2n) is 7.58. The fourth-order valence-electron chi connectivity index (χ4n) is 3.50. The SMILES string of the molecule is CN(C)c1ccc(/C=N\n2c(N)c(S(=O)(=O)c3cccs3)c3nc4ccccc4nc32)cc1. The van der Waals surface area contributed by atoms with Crippen LogP contribution in [0.3, 0.4) is 0 Å². The molecule has 5 rings (SSSR count). The molecule has 2 aromatic carbocycles. The summed E-state index contributed by atoms with van der Waals surface area (Å²) >= 11 is 1.13. The lowest BCUT2D eigenvalue weighted by atomic mass is 10.2. The first kappa shape index (κ1) is 21.1. The van der Waals surface area contributed by atoms with Crippen molar-refractivity contribution in [2.24, 2.45) is 5.10 Å². The van der Waals surface area contributed by atoms with Crippen LogP contribution in [0, 0.1) is 0 Å². The highest BCUT2D eigenvalue weighted by Crippen LogP contribution is 2.36. The van der Waals surface area contributed by atoms with E-state index in [4.69, 9.17) is 5.73 Å². The maximum Gasteiger partial charge on any atom is 0.221 e. The molecule has 2 N–H and O–H groups in total. The van der Waals surface area contributed by atoms with Crippen molar-refractivity contribution in [1.29, 1.82) is 0 Å². The van der Waals surface area contributed by atoms with Crippen molar-refractivity contribution in [1.82, 2.24) is 14.6 Å². The van der Waals surface area contributed by atoms with Gasteiger partial charge >= 0.3 is 0 Å². The van der Waals surface area contributed by atoms with Gasteiger partial charge in [0.15, 0.2) is 5.65 Å². The van der Waals surface area contributed by atoms with Gasteiger partial charge in [0.1, 0.15) is 20.4 Å². The third-order valence-electron chi connectivity index (χ3n) is 5.19. The second-order valence-corrected chi connectivity index (χ2v) is 10.6. The van der Waals surface area contributed by atoms with Crippen molar-refractivity contribution in [2.75, 3.05) is 24.7 Å². The molecule has 166 valence electrons. The number of hydrogen-bond donors (Lipinski definition) is 1. The van der Waals surface area contributed by atoms with E-state index in [0.29, 0.717) is 11.0 Å². The number of nitrogen functional groups attached to an aromatic ring is 1. The molecule has 0 aliphatic heterocycles. The first-order chi connectivity index (χ1) is 15.9. The van der Waals surface area contributed by atoms with Gasteiger partial charge in [0.05, 0.1) is 17.2 Å². The topological polar surface area (TPSA) is 106 Å². The number of fused-ring (bicyclic) bond motifs is 2. The van der Waals surface area contributed by atoms with Gasteiger partial charge in [-0.15, -0.1) is 11.3 Å². The molecule has 0 aliphatic rings. The number of nitrogens with two attached hydrogens (primary N) is 1. The van der Waals surface area contributed by atoms with Crippen LogP contribution in [0.1, 0.15) is 5.56 Å². The van der Waals surface area contributed by atoms with Gasteiger partial charge in [0, 0.05) is 19.8 Å². The molecule has 0 atom stereocenters. The van der Waals surface area contributed by atoms with Gasteiger partial charge in [0.2, 0.25) is 9.84 Å². The highest BCUT2D eigenvalue weighted by Gasteiger charge is 2.31. The second kappa shape index (κ2) is 7.98. The molecule has 0 aliphatic carbocycles. The van der Waals surface area contributed by atoms with E-state index in [9.17, 15) is 8.42 Å². The van der Waals surface area contributed by atoms with E-state index in [2.05, 4.69) is 15.1 Å².